The summed E-state index contributed by atoms with van der Waals surface area (Å²) in [6.45, 7) is 1.81. The van der Waals surface area contributed by atoms with Gasteiger partial charge in [-0.3, -0.25) is 0 Å². The van der Waals surface area contributed by atoms with E-state index in [0.29, 0.717) is 16.4 Å². The van der Waals surface area contributed by atoms with Crippen LogP contribution in [0.5, 0.6) is 0 Å². The molecular formula is C6H7N5OS. The zero-order valence-corrected chi connectivity index (χ0v) is 7.63. The molecule has 68 valence electrons. The number of H-pyrrole nitrogens is 1. The van der Waals surface area contributed by atoms with Crippen LogP contribution in [0.25, 0.3) is 11.6 Å². The number of aryl methyl sites for hydroxylation is 1. The normalized spacial score (nSPS) is 10.5. The van der Waals surface area contributed by atoms with Crippen molar-refractivity contribution >= 4 is 12.2 Å². The van der Waals surface area contributed by atoms with Gasteiger partial charge >= 0.3 is 0 Å². The first-order valence-corrected chi connectivity index (χ1v) is 3.95. The van der Waals surface area contributed by atoms with Crippen LogP contribution in [0.3, 0.4) is 0 Å². The van der Waals surface area contributed by atoms with Gasteiger partial charge in [-0.05, 0) is 19.1 Å². The monoisotopic (exact) mass is 197 g/mol. The van der Waals surface area contributed by atoms with E-state index in [0.717, 1.165) is 5.69 Å². The van der Waals surface area contributed by atoms with Gasteiger partial charge in [-0.15, -0.1) is 5.10 Å². The van der Waals surface area contributed by atoms with Crippen molar-refractivity contribution in [2.75, 3.05) is 5.84 Å². The smallest absolute Gasteiger partial charge is 0.219 e. The Kier molecular flexibility index (Phi) is 1.66. The fourth-order valence-corrected chi connectivity index (χ4v) is 1.08. The molecule has 6 nitrogen and oxygen atoms in total. The zero-order valence-electron chi connectivity index (χ0n) is 6.81. The SMILES string of the molecule is Cc1cc(-c2n[nH]c(=S)n2N)on1. The summed E-state index contributed by atoms with van der Waals surface area (Å²) in [5.41, 5.74) is 0.768. The first-order valence-electron chi connectivity index (χ1n) is 3.54. The highest BCUT2D eigenvalue weighted by Crippen LogP contribution is 2.15. The second-order valence-electron chi connectivity index (χ2n) is 2.55. The second-order valence-corrected chi connectivity index (χ2v) is 2.94. The Morgan fingerprint density at radius 2 is 2.46 bits per heavy atom. The maximum Gasteiger partial charge on any atom is 0.219 e. The Morgan fingerprint density at radius 3 is 2.92 bits per heavy atom. The number of nitrogens with zero attached hydrogens (tertiary/aromatic N) is 3. The number of hydrogen-bond donors (Lipinski definition) is 2. The topological polar surface area (TPSA) is 85.7 Å². The van der Waals surface area contributed by atoms with Gasteiger partial charge in [0.05, 0.1) is 5.69 Å². The number of nitrogens with two attached hydrogens (primary N) is 1. The van der Waals surface area contributed by atoms with E-state index in [1.807, 2.05) is 6.92 Å². The summed E-state index contributed by atoms with van der Waals surface area (Å²) in [6, 6.07) is 1.73. The fraction of sp³-hybridized carbons (Fsp3) is 0.167. The second kappa shape index (κ2) is 2.70. The van der Waals surface area contributed by atoms with Crippen molar-refractivity contribution < 1.29 is 4.52 Å². The maximum atomic E-state index is 5.57. The van der Waals surface area contributed by atoms with Gasteiger partial charge in [0, 0.05) is 6.07 Å². The summed E-state index contributed by atoms with van der Waals surface area (Å²) in [4.78, 5) is 0. The van der Waals surface area contributed by atoms with Crippen molar-refractivity contribution in [1.29, 1.82) is 0 Å². The highest BCUT2D eigenvalue weighted by atomic mass is 32.1. The predicted octanol–water partition coefficient (Wildman–Crippen LogP) is 0.618. The summed E-state index contributed by atoms with van der Waals surface area (Å²) in [5, 5.41) is 10.1. The van der Waals surface area contributed by atoms with Gasteiger partial charge in [0.25, 0.3) is 0 Å². The highest BCUT2D eigenvalue weighted by molar-refractivity contribution is 7.71. The fourth-order valence-electron chi connectivity index (χ4n) is 0.947. The average molecular weight is 197 g/mol. The molecule has 2 aromatic rings. The lowest BCUT2D eigenvalue weighted by Crippen LogP contribution is -2.09. The van der Waals surface area contributed by atoms with Crippen LogP contribution in [0, 0.1) is 11.7 Å². The number of hydrogen-bond acceptors (Lipinski definition) is 5. The van der Waals surface area contributed by atoms with E-state index in [4.69, 9.17) is 22.6 Å². The molecule has 0 radical (unpaired) electrons. The van der Waals surface area contributed by atoms with Gasteiger partial charge in [-0.1, -0.05) is 5.16 Å². The maximum absolute atomic E-state index is 5.57. The van der Waals surface area contributed by atoms with E-state index in [1.165, 1.54) is 4.68 Å². The minimum Gasteiger partial charge on any atom is -0.353 e. The van der Waals surface area contributed by atoms with Crippen LogP contribution < -0.4 is 5.84 Å². The molecule has 0 saturated carbocycles. The molecule has 0 saturated heterocycles. The highest BCUT2D eigenvalue weighted by Gasteiger charge is 2.10. The molecule has 0 bridgehead atoms. The number of nitrogens with one attached hydrogen (secondary N) is 1. The van der Waals surface area contributed by atoms with E-state index in [1.54, 1.807) is 6.07 Å². The van der Waals surface area contributed by atoms with Crippen molar-refractivity contribution in [2.24, 2.45) is 0 Å². The molecule has 0 atom stereocenters. The van der Waals surface area contributed by atoms with E-state index < -0.39 is 0 Å². The largest absolute Gasteiger partial charge is 0.353 e. The molecule has 0 aromatic carbocycles. The third kappa shape index (κ3) is 1.22. The van der Waals surface area contributed by atoms with Gasteiger partial charge in [0.2, 0.25) is 16.4 Å². The Hall–Kier alpha value is -1.63. The molecule has 0 fully saturated rings. The molecular weight excluding hydrogens is 190 g/mol. The molecule has 0 aliphatic heterocycles. The molecule has 2 aromatic heterocycles. The zero-order chi connectivity index (χ0) is 9.42. The Morgan fingerprint density at radius 1 is 1.69 bits per heavy atom. The molecule has 0 aliphatic carbocycles. The van der Waals surface area contributed by atoms with Crippen molar-refractivity contribution in [3.63, 3.8) is 0 Å². The number of rotatable bonds is 1. The molecule has 2 rings (SSSR count). The van der Waals surface area contributed by atoms with E-state index in [-0.39, 0.29) is 0 Å². The number of nitrogen functional groups attached to an aromatic ring is 1. The van der Waals surface area contributed by atoms with Crippen molar-refractivity contribution in [3.8, 4) is 11.6 Å². The minimum atomic E-state index is 0.337. The summed E-state index contributed by atoms with van der Waals surface area (Å²) < 4.78 is 6.53. The Labute approximate surface area is 78.3 Å². The van der Waals surface area contributed by atoms with Crippen LogP contribution in [-0.2, 0) is 0 Å². The van der Waals surface area contributed by atoms with E-state index in [2.05, 4.69) is 15.4 Å². The van der Waals surface area contributed by atoms with Crippen LogP contribution in [0.15, 0.2) is 10.6 Å². The summed E-state index contributed by atoms with van der Waals surface area (Å²) in [5.74, 6) is 6.50. The van der Waals surface area contributed by atoms with Crippen LogP contribution in [0.1, 0.15) is 5.69 Å². The van der Waals surface area contributed by atoms with Crippen LogP contribution >= 0.6 is 12.2 Å². The first-order chi connectivity index (χ1) is 6.18. The molecule has 2 heterocycles. The van der Waals surface area contributed by atoms with Gasteiger partial charge in [0.1, 0.15) is 0 Å². The summed E-state index contributed by atoms with van der Waals surface area (Å²) in [7, 11) is 0. The quantitative estimate of drug-likeness (QED) is 0.517. The Bertz CT molecular complexity index is 481. The number of aromatic nitrogens is 4. The van der Waals surface area contributed by atoms with Crippen molar-refractivity contribution in [1.82, 2.24) is 20.0 Å². The third-order valence-electron chi connectivity index (χ3n) is 1.55. The Balaban J connectivity index is 2.58. The van der Waals surface area contributed by atoms with Gasteiger partial charge < -0.3 is 10.4 Å². The predicted molar refractivity (Wildman–Crippen MR) is 47.8 cm³/mol. The number of aromatic amines is 1. The minimum absolute atomic E-state index is 0.337. The summed E-state index contributed by atoms with van der Waals surface area (Å²) in [6.07, 6.45) is 0. The van der Waals surface area contributed by atoms with Gasteiger partial charge in [-0.2, -0.15) is 0 Å². The standard InChI is InChI=1S/C6H7N5OS/c1-3-2-4(12-10-3)5-8-9-6(13)11(5)7/h2H,7H2,1H3,(H,9,13). The van der Waals surface area contributed by atoms with Crippen molar-refractivity contribution in [3.05, 3.63) is 16.5 Å². The molecule has 0 unspecified atom stereocenters. The van der Waals surface area contributed by atoms with Crippen molar-refractivity contribution in [2.45, 2.75) is 6.92 Å². The van der Waals surface area contributed by atoms with Crippen LogP contribution in [0.4, 0.5) is 0 Å². The molecule has 0 spiro atoms. The molecule has 0 amide bonds. The molecule has 7 heteroatoms. The lowest BCUT2D eigenvalue weighted by atomic mass is 10.4. The lowest BCUT2D eigenvalue weighted by molar-refractivity contribution is 0.423. The molecule has 13 heavy (non-hydrogen) atoms. The molecule has 0 aliphatic rings. The third-order valence-corrected chi connectivity index (χ3v) is 1.84. The van der Waals surface area contributed by atoms with E-state index >= 15 is 0 Å². The summed E-state index contributed by atoms with van der Waals surface area (Å²) >= 11 is 4.84. The van der Waals surface area contributed by atoms with Gasteiger partial charge in [0.15, 0.2) is 0 Å². The lowest BCUT2D eigenvalue weighted by Gasteiger charge is -1.92. The first kappa shape index (κ1) is 7.99. The molecule has 3 N–H and O–H groups in total. The van der Waals surface area contributed by atoms with E-state index in [9.17, 15) is 0 Å². The van der Waals surface area contributed by atoms with Crippen LogP contribution in [-0.4, -0.2) is 20.0 Å². The average Bonchev–Trinajstić information content (AvgIpc) is 2.62. The van der Waals surface area contributed by atoms with Crippen LogP contribution in [0.2, 0.25) is 0 Å². The van der Waals surface area contributed by atoms with Gasteiger partial charge in [-0.25, -0.2) is 9.77 Å².